The van der Waals surface area contributed by atoms with Crippen molar-refractivity contribution in [2.75, 3.05) is 13.1 Å². The minimum atomic E-state index is -1.06. The van der Waals surface area contributed by atoms with Gasteiger partial charge in [0.15, 0.2) is 0 Å². The molecule has 1 aliphatic rings. The van der Waals surface area contributed by atoms with Crippen LogP contribution >= 0.6 is 0 Å². The molecule has 1 fully saturated rings. The van der Waals surface area contributed by atoms with E-state index < -0.39 is 12.3 Å². The highest BCUT2D eigenvalue weighted by Gasteiger charge is 2.19. The van der Waals surface area contributed by atoms with Crippen LogP contribution in [-0.4, -0.2) is 30.5 Å². The quantitative estimate of drug-likeness (QED) is 0.490. The van der Waals surface area contributed by atoms with Crippen LogP contribution in [0, 0.1) is 0 Å². The summed E-state index contributed by atoms with van der Waals surface area (Å²) in [5.74, 6) is 0. The van der Waals surface area contributed by atoms with E-state index in [0.29, 0.717) is 13.0 Å². The molecular formula is C6H12FNO. The zero-order chi connectivity index (χ0) is 6.69. The van der Waals surface area contributed by atoms with Gasteiger partial charge in [0.2, 0.25) is 0 Å². The maximum absolute atomic E-state index is 12.5. The molecular weight excluding hydrogens is 121 g/mol. The second-order valence-corrected chi connectivity index (χ2v) is 2.43. The molecule has 0 aromatic carbocycles. The lowest BCUT2D eigenvalue weighted by Crippen LogP contribution is -2.28. The molecule has 0 radical (unpaired) electrons. The molecule has 0 spiro atoms. The van der Waals surface area contributed by atoms with Gasteiger partial charge in [-0.25, -0.2) is 4.39 Å². The summed E-state index contributed by atoms with van der Waals surface area (Å²) in [5.41, 5.74) is 0. The lowest BCUT2D eigenvalue weighted by Gasteiger charge is -2.09. The van der Waals surface area contributed by atoms with Crippen molar-refractivity contribution in [1.82, 2.24) is 5.32 Å². The molecule has 0 bridgehead atoms. The standard InChI is InChI=1S/C6H12FNO/c7-5-4-8-3-1-2-6(5)9/h5-6,8-9H,1-4H2/t5-,6+/m0/s1. The van der Waals surface area contributed by atoms with Gasteiger partial charge < -0.3 is 10.4 Å². The summed E-state index contributed by atoms with van der Waals surface area (Å²) < 4.78 is 12.5. The molecule has 0 unspecified atom stereocenters. The van der Waals surface area contributed by atoms with Gasteiger partial charge in [-0.3, -0.25) is 0 Å². The minimum absolute atomic E-state index is 0.307. The Bertz CT molecular complexity index is 79.1. The number of aliphatic hydroxyl groups excluding tert-OH is 1. The van der Waals surface area contributed by atoms with Crippen molar-refractivity contribution in [3.05, 3.63) is 0 Å². The highest BCUT2D eigenvalue weighted by atomic mass is 19.1. The molecule has 1 saturated heterocycles. The maximum Gasteiger partial charge on any atom is 0.138 e. The Hall–Kier alpha value is -0.150. The fourth-order valence-corrected chi connectivity index (χ4v) is 0.993. The number of aliphatic hydroxyl groups is 1. The monoisotopic (exact) mass is 133 g/mol. The smallest absolute Gasteiger partial charge is 0.138 e. The molecule has 54 valence electrons. The van der Waals surface area contributed by atoms with Gasteiger partial charge in [0.25, 0.3) is 0 Å². The van der Waals surface area contributed by atoms with Gasteiger partial charge in [-0.1, -0.05) is 0 Å². The summed E-state index contributed by atoms with van der Waals surface area (Å²) in [4.78, 5) is 0. The number of rotatable bonds is 0. The fourth-order valence-electron chi connectivity index (χ4n) is 0.993. The average Bonchev–Trinajstić information content (AvgIpc) is 1.99. The molecule has 2 atom stereocenters. The van der Waals surface area contributed by atoms with Crippen molar-refractivity contribution in [2.24, 2.45) is 0 Å². The van der Waals surface area contributed by atoms with Crippen molar-refractivity contribution >= 4 is 0 Å². The zero-order valence-electron chi connectivity index (χ0n) is 5.31. The Morgan fingerprint density at radius 3 is 3.11 bits per heavy atom. The third-order valence-electron chi connectivity index (χ3n) is 1.61. The molecule has 3 heteroatoms. The van der Waals surface area contributed by atoms with E-state index in [9.17, 15) is 4.39 Å². The second-order valence-electron chi connectivity index (χ2n) is 2.43. The molecule has 0 aromatic heterocycles. The van der Waals surface area contributed by atoms with E-state index in [0.717, 1.165) is 13.0 Å². The zero-order valence-corrected chi connectivity index (χ0v) is 5.31. The maximum atomic E-state index is 12.5. The summed E-state index contributed by atoms with van der Waals surface area (Å²) in [5, 5.41) is 11.8. The number of hydrogen-bond donors (Lipinski definition) is 2. The van der Waals surface area contributed by atoms with Gasteiger partial charge in [0, 0.05) is 6.54 Å². The Morgan fingerprint density at radius 1 is 1.56 bits per heavy atom. The van der Waals surface area contributed by atoms with E-state index in [2.05, 4.69) is 5.32 Å². The average molecular weight is 133 g/mol. The topological polar surface area (TPSA) is 32.3 Å². The van der Waals surface area contributed by atoms with E-state index in [1.54, 1.807) is 0 Å². The van der Waals surface area contributed by atoms with Crippen LogP contribution in [0.3, 0.4) is 0 Å². The molecule has 2 nitrogen and oxygen atoms in total. The van der Waals surface area contributed by atoms with Crippen LogP contribution in [-0.2, 0) is 0 Å². The third kappa shape index (κ3) is 1.91. The van der Waals surface area contributed by atoms with E-state index in [1.165, 1.54) is 0 Å². The second kappa shape index (κ2) is 3.13. The molecule has 0 aromatic rings. The van der Waals surface area contributed by atoms with E-state index >= 15 is 0 Å². The van der Waals surface area contributed by atoms with E-state index in [1.807, 2.05) is 0 Å². The lowest BCUT2D eigenvalue weighted by atomic mass is 10.1. The largest absolute Gasteiger partial charge is 0.390 e. The van der Waals surface area contributed by atoms with Crippen LogP contribution in [0.5, 0.6) is 0 Å². The fraction of sp³-hybridized carbons (Fsp3) is 1.00. The molecule has 0 amide bonds. The van der Waals surface area contributed by atoms with E-state index in [-0.39, 0.29) is 0 Å². The van der Waals surface area contributed by atoms with Crippen molar-refractivity contribution < 1.29 is 9.50 Å². The SMILES string of the molecule is O[C@@H]1CCCNC[C@@H]1F. The Labute approximate surface area is 54.1 Å². The summed E-state index contributed by atoms with van der Waals surface area (Å²) >= 11 is 0. The highest BCUT2D eigenvalue weighted by Crippen LogP contribution is 2.07. The van der Waals surface area contributed by atoms with Gasteiger partial charge in [0.05, 0.1) is 6.10 Å². The Kier molecular flexibility index (Phi) is 2.42. The van der Waals surface area contributed by atoms with Crippen LogP contribution in [0.4, 0.5) is 4.39 Å². The summed E-state index contributed by atoms with van der Waals surface area (Å²) in [7, 11) is 0. The number of alkyl halides is 1. The lowest BCUT2D eigenvalue weighted by molar-refractivity contribution is 0.0787. The first kappa shape index (κ1) is 6.96. The third-order valence-corrected chi connectivity index (χ3v) is 1.61. The van der Waals surface area contributed by atoms with Gasteiger partial charge in [-0.05, 0) is 19.4 Å². The first-order valence-corrected chi connectivity index (χ1v) is 3.33. The first-order valence-electron chi connectivity index (χ1n) is 3.33. The number of nitrogens with one attached hydrogen (secondary N) is 1. The number of halogens is 1. The summed E-state index contributed by atoms with van der Waals surface area (Å²) in [6, 6.07) is 0. The van der Waals surface area contributed by atoms with Crippen molar-refractivity contribution in [3.8, 4) is 0 Å². The molecule has 1 rings (SSSR count). The molecule has 1 heterocycles. The van der Waals surface area contributed by atoms with Crippen LogP contribution in [0.1, 0.15) is 12.8 Å². The highest BCUT2D eigenvalue weighted by molar-refractivity contribution is 4.73. The number of hydrogen-bond acceptors (Lipinski definition) is 2. The summed E-state index contributed by atoms with van der Waals surface area (Å²) in [6.45, 7) is 1.14. The predicted molar refractivity (Wildman–Crippen MR) is 33.0 cm³/mol. The normalized spacial score (nSPS) is 38.0. The Morgan fingerprint density at radius 2 is 2.33 bits per heavy atom. The van der Waals surface area contributed by atoms with Gasteiger partial charge in [0.1, 0.15) is 6.17 Å². The predicted octanol–water partition coefficient (Wildman–Crippen LogP) is 0.0688. The first-order chi connectivity index (χ1) is 4.30. The van der Waals surface area contributed by atoms with Gasteiger partial charge >= 0.3 is 0 Å². The molecule has 0 saturated carbocycles. The van der Waals surface area contributed by atoms with Crippen LogP contribution in [0.15, 0.2) is 0 Å². The van der Waals surface area contributed by atoms with Crippen molar-refractivity contribution in [3.63, 3.8) is 0 Å². The van der Waals surface area contributed by atoms with Crippen molar-refractivity contribution in [1.29, 1.82) is 0 Å². The molecule has 2 N–H and O–H groups in total. The summed E-state index contributed by atoms with van der Waals surface area (Å²) in [6.07, 6.45) is -0.331. The molecule has 9 heavy (non-hydrogen) atoms. The van der Waals surface area contributed by atoms with Crippen LogP contribution in [0.25, 0.3) is 0 Å². The van der Waals surface area contributed by atoms with Gasteiger partial charge in [-0.15, -0.1) is 0 Å². The van der Waals surface area contributed by atoms with Gasteiger partial charge in [-0.2, -0.15) is 0 Å². The van der Waals surface area contributed by atoms with E-state index in [4.69, 9.17) is 5.11 Å². The van der Waals surface area contributed by atoms with Crippen LogP contribution < -0.4 is 5.32 Å². The van der Waals surface area contributed by atoms with Crippen molar-refractivity contribution in [2.45, 2.75) is 25.1 Å². The van der Waals surface area contributed by atoms with Crippen LogP contribution in [0.2, 0.25) is 0 Å². The minimum Gasteiger partial charge on any atom is -0.390 e. The Balaban J connectivity index is 2.32. The molecule has 0 aliphatic carbocycles. The molecule has 1 aliphatic heterocycles.